The number of phenols is 1. The fourth-order valence-corrected chi connectivity index (χ4v) is 3.96. The van der Waals surface area contributed by atoms with Crippen LogP contribution < -0.4 is 11.1 Å². The Morgan fingerprint density at radius 2 is 1.88 bits per heavy atom. The second-order valence-electron chi connectivity index (χ2n) is 7.88. The molecular formula is C23H22F3N5O2. The van der Waals surface area contributed by atoms with Crippen molar-refractivity contribution in [2.24, 2.45) is 5.73 Å². The summed E-state index contributed by atoms with van der Waals surface area (Å²) in [7, 11) is 0. The fourth-order valence-electron chi connectivity index (χ4n) is 3.96. The third kappa shape index (κ3) is 4.55. The molecule has 33 heavy (non-hydrogen) atoms. The van der Waals surface area contributed by atoms with Crippen LogP contribution in [0.4, 0.5) is 13.2 Å². The van der Waals surface area contributed by atoms with E-state index in [1.54, 1.807) is 0 Å². The summed E-state index contributed by atoms with van der Waals surface area (Å²) in [6, 6.07) is 7.66. The number of nitrogens with one attached hydrogen (secondary N) is 2. The predicted octanol–water partition coefficient (Wildman–Crippen LogP) is 3.69. The standard InChI is InChI=1S/C23H22F3N5O2/c24-23(25,26)16-10-14(5-7-18(16)31-12-30-17-3-1-2-4-19(17)31)22(33)29-11-15-9-13(21(27)28)6-8-20(15)32/h5-10,12,32H,1-4,11H2,(H3,27,28)(H,29,33). The van der Waals surface area contributed by atoms with Gasteiger partial charge in [-0.25, -0.2) is 4.98 Å². The van der Waals surface area contributed by atoms with Gasteiger partial charge in [-0.3, -0.25) is 10.2 Å². The monoisotopic (exact) mass is 457 g/mol. The SMILES string of the molecule is N=C(N)c1ccc(O)c(CNC(=O)c2ccc(-n3cnc4c3CCCC4)c(C(F)(F)F)c2)c1. The number of amides is 1. The zero-order valence-electron chi connectivity index (χ0n) is 17.5. The van der Waals surface area contributed by atoms with E-state index in [2.05, 4.69) is 10.3 Å². The fraction of sp³-hybridized carbons (Fsp3) is 0.261. The van der Waals surface area contributed by atoms with Crippen molar-refractivity contribution < 1.29 is 23.1 Å². The number of carbonyl (C=O) groups excluding carboxylic acids is 1. The number of imidazole rings is 1. The van der Waals surface area contributed by atoms with Gasteiger partial charge in [-0.05, 0) is 62.1 Å². The molecule has 0 saturated carbocycles. The Labute approximate surface area is 187 Å². The first-order valence-electron chi connectivity index (χ1n) is 10.4. The van der Waals surface area contributed by atoms with E-state index in [4.69, 9.17) is 11.1 Å². The normalized spacial score (nSPS) is 13.4. The van der Waals surface area contributed by atoms with Crippen molar-refractivity contribution in [3.63, 3.8) is 0 Å². The molecule has 0 aliphatic heterocycles. The van der Waals surface area contributed by atoms with Crippen molar-refractivity contribution in [3.05, 3.63) is 76.4 Å². The molecule has 1 aliphatic rings. The number of nitrogen functional groups attached to an aromatic ring is 1. The molecular weight excluding hydrogens is 435 g/mol. The molecule has 10 heteroatoms. The van der Waals surface area contributed by atoms with E-state index >= 15 is 0 Å². The molecule has 1 aromatic heterocycles. The zero-order valence-corrected chi connectivity index (χ0v) is 17.5. The first-order valence-corrected chi connectivity index (χ1v) is 10.4. The number of hydrogen-bond acceptors (Lipinski definition) is 4. The number of rotatable bonds is 5. The number of amidine groups is 1. The number of fused-ring (bicyclic) bond motifs is 1. The van der Waals surface area contributed by atoms with Gasteiger partial charge in [0, 0.05) is 28.9 Å². The predicted molar refractivity (Wildman–Crippen MR) is 116 cm³/mol. The van der Waals surface area contributed by atoms with Crippen LogP contribution in [0.2, 0.25) is 0 Å². The molecule has 1 heterocycles. The van der Waals surface area contributed by atoms with Crippen molar-refractivity contribution in [1.82, 2.24) is 14.9 Å². The van der Waals surface area contributed by atoms with Gasteiger partial charge in [0.25, 0.3) is 5.91 Å². The van der Waals surface area contributed by atoms with Crippen LogP contribution in [0.15, 0.2) is 42.7 Å². The van der Waals surface area contributed by atoms with E-state index in [0.29, 0.717) is 12.0 Å². The van der Waals surface area contributed by atoms with Crippen LogP contribution in [-0.4, -0.2) is 26.4 Å². The summed E-state index contributed by atoms with van der Waals surface area (Å²) in [4.78, 5) is 16.9. The summed E-state index contributed by atoms with van der Waals surface area (Å²) in [5.74, 6) is -1.07. The maximum atomic E-state index is 13.9. The minimum absolute atomic E-state index is 0.0681. The third-order valence-electron chi connectivity index (χ3n) is 5.68. The smallest absolute Gasteiger partial charge is 0.418 e. The summed E-state index contributed by atoms with van der Waals surface area (Å²) in [6.45, 7) is -0.149. The van der Waals surface area contributed by atoms with Crippen molar-refractivity contribution in [1.29, 1.82) is 5.41 Å². The van der Waals surface area contributed by atoms with Crippen LogP contribution in [0.25, 0.3) is 5.69 Å². The molecule has 1 aliphatic carbocycles. The molecule has 0 fully saturated rings. The topological polar surface area (TPSA) is 117 Å². The number of nitrogens with two attached hydrogens (primary N) is 1. The summed E-state index contributed by atoms with van der Waals surface area (Å²) < 4.78 is 43.2. The lowest BCUT2D eigenvalue weighted by atomic mass is 10.0. The molecule has 0 spiro atoms. The van der Waals surface area contributed by atoms with Crippen LogP contribution >= 0.6 is 0 Å². The maximum absolute atomic E-state index is 13.9. The van der Waals surface area contributed by atoms with Crippen LogP contribution in [0.5, 0.6) is 5.75 Å². The molecule has 3 aromatic rings. The summed E-state index contributed by atoms with van der Waals surface area (Å²) in [6.07, 6.45) is -0.0332. The van der Waals surface area contributed by atoms with Crippen LogP contribution in [-0.2, 0) is 25.6 Å². The van der Waals surface area contributed by atoms with Gasteiger partial charge in [0.15, 0.2) is 0 Å². The first-order chi connectivity index (χ1) is 15.6. The van der Waals surface area contributed by atoms with E-state index < -0.39 is 17.6 Å². The molecule has 7 nitrogen and oxygen atoms in total. The summed E-state index contributed by atoms with van der Waals surface area (Å²) in [5.41, 5.74) is 6.49. The number of halogens is 3. The quantitative estimate of drug-likeness (QED) is 0.345. The molecule has 1 amide bonds. The molecule has 0 bridgehead atoms. The van der Waals surface area contributed by atoms with E-state index in [1.165, 1.54) is 41.2 Å². The van der Waals surface area contributed by atoms with E-state index in [1.807, 2.05) is 0 Å². The average Bonchev–Trinajstić information content (AvgIpc) is 3.21. The highest BCUT2D eigenvalue weighted by atomic mass is 19.4. The first kappa shape index (κ1) is 22.4. The molecule has 0 atom stereocenters. The molecule has 172 valence electrons. The van der Waals surface area contributed by atoms with Crippen LogP contribution in [0.3, 0.4) is 0 Å². The highest BCUT2D eigenvalue weighted by molar-refractivity contribution is 5.96. The molecule has 4 rings (SSSR count). The Bertz CT molecular complexity index is 1230. The Morgan fingerprint density at radius 1 is 1.15 bits per heavy atom. The maximum Gasteiger partial charge on any atom is 0.418 e. The molecule has 2 aromatic carbocycles. The van der Waals surface area contributed by atoms with Crippen LogP contribution in [0.1, 0.15) is 51.3 Å². The van der Waals surface area contributed by atoms with Crippen molar-refractivity contribution in [3.8, 4) is 11.4 Å². The molecule has 0 unspecified atom stereocenters. The van der Waals surface area contributed by atoms with Gasteiger partial charge in [0.1, 0.15) is 11.6 Å². The number of aromatic hydroxyl groups is 1. The second kappa shape index (κ2) is 8.61. The number of carbonyl (C=O) groups is 1. The van der Waals surface area contributed by atoms with Crippen molar-refractivity contribution in [2.75, 3.05) is 0 Å². The highest BCUT2D eigenvalue weighted by Crippen LogP contribution is 2.36. The van der Waals surface area contributed by atoms with Gasteiger partial charge in [0.05, 0.1) is 23.3 Å². The average molecular weight is 457 g/mol. The largest absolute Gasteiger partial charge is 0.508 e. The Kier molecular flexibility index (Phi) is 5.84. The van der Waals surface area contributed by atoms with Crippen molar-refractivity contribution >= 4 is 11.7 Å². The number of phenolic OH excluding ortho intramolecular Hbond substituents is 1. The Morgan fingerprint density at radius 3 is 2.61 bits per heavy atom. The van der Waals surface area contributed by atoms with Gasteiger partial charge in [0.2, 0.25) is 0 Å². The van der Waals surface area contributed by atoms with Gasteiger partial charge in [-0.1, -0.05) is 0 Å². The van der Waals surface area contributed by atoms with E-state index in [-0.39, 0.29) is 34.9 Å². The highest BCUT2D eigenvalue weighted by Gasteiger charge is 2.35. The molecule has 5 N–H and O–H groups in total. The van der Waals surface area contributed by atoms with Crippen molar-refractivity contribution in [2.45, 2.75) is 38.4 Å². The van der Waals surface area contributed by atoms with Gasteiger partial charge < -0.3 is 20.7 Å². The zero-order chi connectivity index (χ0) is 23.8. The van der Waals surface area contributed by atoms with Gasteiger partial charge in [-0.2, -0.15) is 13.2 Å². The number of aromatic nitrogens is 2. The Balaban J connectivity index is 1.62. The summed E-state index contributed by atoms with van der Waals surface area (Å²) >= 11 is 0. The lowest BCUT2D eigenvalue weighted by Gasteiger charge is -2.19. The van der Waals surface area contributed by atoms with Gasteiger partial charge >= 0.3 is 6.18 Å². The second-order valence-corrected chi connectivity index (χ2v) is 7.88. The lowest BCUT2D eigenvalue weighted by molar-refractivity contribution is -0.137. The summed E-state index contributed by atoms with van der Waals surface area (Å²) in [5, 5.41) is 19.9. The molecule has 0 saturated heterocycles. The number of alkyl halides is 3. The minimum atomic E-state index is -4.68. The van der Waals surface area contributed by atoms with E-state index in [0.717, 1.165) is 36.7 Å². The third-order valence-corrected chi connectivity index (χ3v) is 5.68. The molecule has 0 radical (unpaired) electrons. The van der Waals surface area contributed by atoms with Crippen LogP contribution in [0, 0.1) is 5.41 Å². The number of aryl methyl sites for hydroxylation is 1. The number of hydrogen-bond donors (Lipinski definition) is 4. The lowest BCUT2D eigenvalue weighted by Crippen LogP contribution is -2.24. The Hall–Kier alpha value is -3.82. The number of benzene rings is 2. The van der Waals surface area contributed by atoms with E-state index in [9.17, 15) is 23.1 Å². The van der Waals surface area contributed by atoms with Gasteiger partial charge in [-0.15, -0.1) is 0 Å². The number of nitrogens with zero attached hydrogens (tertiary/aromatic N) is 2. The minimum Gasteiger partial charge on any atom is -0.508 e.